The first kappa shape index (κ1) is 12.0. The molecule has 5 heteroatoms. The van der Waals surface area contributed by atoms with Crippen LogP contribution >= 0.6 is 0 Å². The lowest BCUT2D eigenvalue weighted by Gasteiger charge is -2.13. The molecule has 1 N–H and O–H groups in total. The van der Waals surface area contributed by atoms with Crippen LogP contribution in [-0.4, -0.2) is 53.1 Å². The highest BCUT2D eigenvalue weighted by atomic mass is 16.3. The van der Waals surface area contributed by atoms with Gasteiger partial charge in [0, 0.05) is 13.6 Å². The molecule has 0 aromatic rings. The van der Waals surface area contributed by atoms with E-state index in [1.807, 2.05) is 0 Å². The average molecular weight is 214 g/mol. The summed E-state index contributed by atoms with van der Waals surface area (Å²) < 4.78 is 0. The van der Waals surface area contributed by atoms with Crippen molar-refractivity contribution in [1.29, 1.82) is 0 Å². The predicted molar refractivity (Wildman–Crippen MR) is 55.3 cm³/mol. The summed E-state index contributed by atoms with van der Waals surface area (Å²) in [6.07, 6.45) is 2.00. The maximum absolute atomic E-state index is 11.4. The molecule has 0 bridgehead atoms. The zero-order valence-electron chi connectivity index (χ0n) is 9.27. The number of carbonyl (C=O) groups is 2. The lowest BCUT2D eigenvalue weighted by Crippen LogP contribution is -2.32. The number of hydrogen-bond donors (Lipinski definition) is 1. The van der Waals surface area contributed by atoms with Crippen LogP contribution in [0.25, 0.3) is 0 Å². The standard InChI is InChI=1S/C10H18N2O3/c1-8(13)5-3-4-6-12-9(14)7-11(2)10(12)15/h8,13H,3-7H2,1-2H3. The van der Waals surface area contributed by atoms with E-state index in [2.05, 4.69) is 0 Å². The molecule has 1 atom stereocenters. The van der Waals surface area contributed by atoms with E-state index in [-0.39, 0.29) is 24.6 Å². The third kappa shape index (κ3) is 3.20. The SMILES string of the molecule is CC(O)CCCCN1C(=O)CN(C)C1=O. The number of rotatable bonds is 5. The van der Waals surface area contributed by atoms with Gasteiger partial charge in [-0.15, -0.1) is 0 Å². The number of likely N-dealkylation sites (N-methyl/N-ethyl adjacent to an activating group) is 1. The van der Waals surface area contributed by atoms with E-state index >= 15 is 0 Å². The number of imide groups is 1. The van der Waals surface area contributed by atoms with Gasteiger partial charge in [0.05, 0.1) is 6.10 Å². The maximum Gasteiger partial charge on any atom is 0.326 e. The summed E-state index contributed by atoms with van der Waals surface area (Å²) in [5.74, 6) is -0.125. The lowest BCUT2D eigenvalue weighted by atomic mass is 10.2. The fourth-order valence-corrected chi connectivity index (χ4v) is 1.60. The van der Waals surface area contributed by atoms with Gasteiger partial charge in [0.15, 0.2) is 0 Å². The number of hydrogen-bond acceptors (Lipinski definition) is 3. The summed E-state index contributed by atoms with van der Waals surface area (Å²) >= 11 is 0. The minimum Gasteiger partial charge on any atom is -0.393 e. The minimum absolute atomic E-state index is 0.125. The molecule has 86 valence electrons. The number of nitrogens with zero attached hydrogens (tertiary/aromatic N) is 2. The van der Waals surface area contributed by atoms with Crippen molar-refractivity contribution >= 4 is 11.9 Å². The van der Waals surface area contributed by atoms with Gasteiger partial charge >= 0.3 is 6.03 Å². The molecule has 1 unspecified atom stereocenters. The molecule has 0 aromatic carbocycles. The van der Waals surface area contributed by atoms with Crippen LogP contribution < -0.4 is 0 Å². The molecule has 1 rings (SSSR count). The Balaban J connectivity index is 2.27. The summed E-state index contributed by atoms with van der Waals surface area (Å²) in [6, 6.07) is -0.211. The molecule has 0 radical (unpaired) electrons. The van der Waals surface area contributed by atoms with Crippen LogP contribution in [-0.2, 0) is 4.79 Å². The van der Waals surface area contributed by atoms with Crippen LogP contribution in [0.2, 0.25) is 0 Å². The van der Waals surface area contributed by atoms with E-state index in [9.17, 15) is 9.59 Å². The second-order valence-corrected chi connectivity index (χ2v) is 4.03. The van der Waals surface area contributed by atoms with Crippen molar-refractivity contribution < 1.29 is 14.7 Å². The summed E-state index contributed by atoms with van der Waals surface area (Å²) in [6.45, 7) is 2.39. The Morgan fingerprint density at radius 3 is 2.53 bits per heavy atom. The van der Waals surface area contributed by atoms with Crippen molar-refractivity contribution in [2.75, 3.05) is 20.1 Å². The van der Waals surface area contributed by atoms with E-state index in [0.717, 1.165) is 12.8 Å². The van der Waals surface area contributed by atoms with Gasteiger partial charge in [-0.3, -0.25) is 9.69 Å². The smallest absolute Gasteiger partial charge is 0.326 e. The van der Waals surface area contributed by atoms with Gasteiger partial charge in [-0.1, -0.05) is 0 Å². The highest BCUT2D eigenvalue weighted by Gasteiger charge is 2.32. The Morgan fingerprint density at radius 1 is 1.40 bits per heavy atom. The first-order chi connectivity index (χ1) is 7.02. The quantitative estimate of drug-likeness (QED) is 0.533. The Labute approximate surface area is 89.7 Å². The monoisotopic (exact) mass is 214 g/mol. The van der Waals surface area contributed by atoms with E-state index < -0.39 is 0 Å². The maximum atomic E-state index is 11.4. The minimum atomic E-state index is -0.308. The molecular formula is C10H18N2O3. The fourth-order valence-electron chi connectivity index (χ4n) is 1.60. The number of amides is 3. The molecule has 1 aliphatic rings. The van der Waals surface area contributed by atoms with Gasteiger partial charge in [0.1, 0.15) is 6.54 Å². The normalized spacial score (nSPS) is 18.9. The van der Waals surface area contributed by atoms with Crippen molar-refractivity contribution in [3.05, 3.63) is 0 Å². The second-order valence-electron chi connectivity index (χ2n) is 4.03. The highest BCUT2D eigenvalue weighted by molar-refractivity contribution is 6.01. The lowest BCUT2D eigenvalue weighted by molar-refractivity contribution is -0.125. The van der Waals surface area contributed by atoms with Crippen molar-refractivity contribution in [2.45, 2.75) is 32.3 Å². The van der Waals surface area contributed by atoms with Crippen LogP contribution in [0, 0.1) is 0 Å². The van der Waals surface area contributed by atoms with Crippen LogP contribution in [0.5, 0.6) is 0 Å². The summed E-state index contributed by atoms with van der Waals surface area (Å²) in [7, 11) is 1.62. The van der Waals surface area contributed by atoms with Gasteiger partial charge < -0.3 is 10.0 Å². The molecule has 0 saturated carbocycles. The van der Waals surface area contributed by atoms with Crippen molar-refractivity contribution in [2.24, 2.45) is 0 Å². The molecule has 3 amide bonds. The topological polar surface area (TPSA) is 60.9 Å². The molecule has 1 fully saturated rings. The van der Waals surface area contributed by atoms with Gasteiger partial charge in [-0.05, 0) is 26.2 Å². The molecule has 5 nitrogen and oxygen atoms in total. The van der Waals surface area contributed by atoms with Gasteiger partial charge in [-0.25, -0.2) is 4.79 Å². The van der Waals surface area contributed by atoms with Crippen LogP contribution in [0.1, 0.15) is 26.2 Å². The Kier molecular flexibility index (Phi) is 4.08. The molecule has 1 heterocycles. The second kappa shape index (κ2) is 5.11. The van der Waals surface area contributed by atoms with E-state index in [0.29, 0.717) is 13.0 Å². The number of aliphatic hydroxyl groups excluding tert-OH is 1. The van der Waals surface area contributed by atoms with Crippen LogP contribution in [0.3, 0.4) is 0 Å². The number of urea groups is 1. The van der Waals surface area contributed by atoms with E-state index in [1.165, 1.54) is 9.80 Å². The van der Waals surface area contributed by atoms with Crippen LogP contribution in [0.4, 0.5) is 4.79 Å². The molecule has 1 saturated heterocycles. The average Bonchev–Trinajstić information content (AvgIpc) is 2.37. The summed E-state index contributed by atoms with van der Waals surface area (Å²) in [4.78, 5) is 25.5. The predicted octanol–water partition coefficient (Wildman–Crippen LogP) is 0.431. The van der Waals surface area contributed by atoms with Crippen LogP contribution in [0.15, 0.2) is 0 Å². The summed E-state index contributed by atoms with van der Waals surface area (Å²) in [5.41, 5.74) is 0. The van der Waals surface area contributed by atoms with Crippen molar-refractivity contribution in [1.82, 2.24) is 9.80 Å². The molecule has 0 spiro atoms. The number of unbranched alkanes of at least 4 members (excludes halogenated alkanes) is 1. The van der Waals surface area contributed by atoms with E-state index in [4.69, 9.17) is 5.11 Å². The van der Waals surface area contributed by atoms with Crippen molar-refractivity contribution in [3.63, 3.8) is 0 Å². The van der Waals surface area contributed by atoms with Crippen molar-refractivity contribution in [3.8, 4) is 0 Å². The number of aliphatic hydroxyl groups is 1. The van der Waals surface area contributed by atoms with Gasteiger partial charge in [-0.2, -0.15) is 0 Å². The molecule has 0 aliphatic carbocycles. The third-order valence-corrected chi connectivity index (χ3v) is 2.48. The number of carbonyl (C=O) groups excluding carboxylic acids is 2. The fraction of sp³-hybridized carbons (Fsp3) is 0.800. The zero-order chi connectivity index (χ0) is 11.4. The highest BCUT2D eigenvalue weighted by Crippen LogP contribution is 2.10. The largest absolute Gasteiger partial charge is 0.393 e. The zero-order valence-corrected chi connectivity index (χ0v) is 9.27. The molecule has 1 aliphatic heterocycles. The van der Waals surface area contributed by atoms with Gasteiger partial charge in [0.25, 0.3) is 0 Å². The first-order valence-corrected chi connectivity index (χ1v) is 5.26. The Bertz CT molecular complexity index is 253. The van der Waals surface area contributed by atoms with E-state index in [1.54, 1.807) is 14.0 Å². The van der Waals surface area contributed by atoms with Gasteiger partial charge in [0.2, 0.25) is 5.91 Å². The Hall–Kier alpha value is -1.10. The molecule has 0 aromatic heterocycles. The molecule has 15 heavy (non-hydrogen) atoms. The Morgan fingerprint density at radius 2 is 2.07 bits per heavy atom. The third-order valence-electron chi connectivity index (χ3n) is 2.48. The summed E-state index contributed by atoms with van der Waals surface area (Å²) in [5, 5.41) is 9.03. The first-order valence-electron chi connectivity index (χ1n) is 5.26. The molecular weight excluding hydrogens is 196 g/mol.